The molecule has 70 valence electrons. The van der Waals surface area contributed by atoms with Gasteiger partial charge in [-0.2, -0.15) is 0 Å². The Morgan fingerprint density at radius 1 is 1.69 bits per heavy atom. The molecule has 0 bridgehead atoms. The molecule has 13 heavy (non-hydrogen) atoms. The van der Waals surface area contributed by atoms with Crippen LogP contribution in [0.15, 0.2) is 16.7 Å². The Morgan fingerprint density at radius 3 is 3.00 bits per heavy atom. The predicted molar refractivity (Wildman–Crippen MR) is 52.3 cm³/mol. The number of aliphatic carboxylic acids is 1. The highest BCUT2D eigenvalue weighted by atomic mass is 79.9. The number of hydrogen-bond donors (Lipinski definition) is 2. The molecule has 0 saturated heterocycles. The molecular formula is C8H9BrN2O2. The summed E-state index contributed by atoms with van der Waals surface area (Å²) in [6, 6.07) is 1.78. The normalized spacial score (nSPS) is 9.92. The van der Waals surface area contributed by atoms with Gasteiger partial charge in [-0.1, -0.05) is 0 Å². The van der Waals surface area contributed by atoms with E-state index >= 15 is 0 Å². The molecule has 0 aliphatic rings. The van der Waals surface area contributed by atoms with Crippen LogP contribution in [-0.4, -0.2) is 16.1 Å². The number of pyridine rings is 1. The van der Waals surface area contributed by atoms with E-state index in [0.29, 0.717) is 12.2 Å². The number of aryl methyl sites for hydroxylation is 1. The molecule has 1 aromatic heterocycles. The number of anilines is 1. The second-order valence-corrected chi connectivity index (χ2v) is 3.51. The van der Waals surface area contributed by atoms with Crippen molar-refractivity contribution in [2.75, 3.05) is 5.73 Å². The van der Waals surface area contributed by atoms with Crippen molar-refractivity contribution in [3.05, 3.63) is 22.3 Å². The van der Waals surface area contributed by atoms with Crippen molar-refractivity contribution >= 4 is 27.7 Å². The summed E-state index contributed by atoms with van der Waals surface area (Å²) in [7, 11) is 0. The minimum atomic E-state index is -0.834. The number of halogens is 1. The first kappa shape index (κ1) is 9.98. The molecule has 1 heterocycles. The molecule has 1 aromatic rings. The molecule has 0 saturated carbocycles. The molecule has 0 aliphatic heterocycles. The molecule has 0 radical (unpaired) electrons. The van der Waals surface area contributed by atoms with Crippen molar-refractivity contribution in [3.63, 3.8) is 0 Å². The molecule has 0 aromatic carbocycles. The summed E-state index contributed by atoms with van der Waals surface area (Å²) in [5.41, 5.74) is 6.31. The van der Waals surface area contributed by atoms with E-state index in [0.717, 1.165) is 10.0 Å². The predicted octanol–water partition coefficient (Wildman–Crippen LogP) is 1.44. The third-order valence-electron chi connectivity index (χ3n) is 1.58. The molecule has 0 spiro atoms. The topological polar surface area (TPSA) is 76.2 Å². The van der Waals surface area contributed by atoms with Gasteiger partial charge in [0.1, 0.15) is 5.82 Å². The number of aromatic nitrogens is 1. The van der Waals surface area contributed by atoms with Gasteiger partial charge in [0.2, 0.25) is 0 Å². The fourth-order valence-electron chi connectivity index (χ4n) is 0.934. The summed E-state index contributed by atoms with van der Waals surface area (Å²) in [5, 5.41) is 8.46. The fourth-order valence-corrected chi connectivity index (χ4v) is 1.31. The van der Waals surface area contributed by atoms with Gasteiger partial charge in [0, 0.05) is 17.1 Å². The van der Waals surface area contributed by atoms with Crippen LogP contribution in [0, 0.1) is 0 Å². The summed E-state index contributed by atoms with van der Waals surface area (Å²) in [6.45, 7) is 0. The Kier molecular flexibility index (Phi) is 3.25. The molecule has 0 fully saturated rings. The minimum Gasteiger partial charge on any atom is -0.481 e. The zero-order valence-electron chi connectivity index (χ0n) is 6.83. The van der Waals surface area contributed by atoms with E-state index in [4.69, 9.17) is 10.8 Å². The molecule has 0 atom stereocenters. The lowest BCUT2D eigenvalue weighted by Gasteiger charge is -2.02. The quantitative estimate of drug-likeness (QED) is 0.844. The number of hydrogen-bond acceptors (Lipinski definition) is 3. The summed E-state index contributed by atoms with van der Waals surface area (Å²) < 4.78 is 0.807. The highest BCUT2D eigenvalue weighted by molar-refractivity contribution is 9.10. The van der Waals surface area contributed by atoms with Crippen LogP contribution in [0.3, 0.4) is 0 Å². The molecule has 1 rings (SSSR count). The van der Waals surface area contributed by atoms with Crippen LogP contribution < -0.4 is 5.73 Å². The smallest absolute Gasteiger partial charge is 0.303 e. The molecule has 0 aliphatic carbocycles. The van der Waals surface area contributed by atoms with Gasteiger partial charge in [0.25, 0.3) is 0 Å². The standard InChI is InChI=1S/C8H9BrN2O2/c9-6-3-5(1-2-7(12)13)8(10)11-4-6/h3-4H,1-2H2,(H2,10,11)(H,12,13). The average molecular weight is 245 g/mol. The SMILES string of the molecule is Nc1ncc(Br)cc1CCC(=O)O. The Morgan fingerprint density at radius 2 is 2.38 bits per heavy atom. The van der Waals surface area contributed by atoms with Crippen molar-refractivity contribution in [1.82, 2.24) is 4.98 Å². The third kappa shape index (κ3) is 3.02. The van der Waals surface area contributed by atoms with Gasteiger partial charge in [-0.25, -0.2) is 4.98 Å². The van der Waals surface area contributed by atoms with Gasteiger partial charge in [-0.3, -0.25) is 4.79 Å². The van der Waals surface area contributed by atoms with Crippen molar-refractivity contribution in [2.24, 2.45) is 0 Å². The lowest BCUT2D eigenvalue weighted by Crippen LogP contribution is -2.02. The number of nitrogens with two attached hydrogens (primary N) is 1. The first-order valence-corrected chi connectivity index (χ1v) is 4.50. The number of nitrogen functional groups attached to an aromatic ring is 1. The number of carboxylic acid groups (broad SMARTS) is 1. The van der Waals surface area contributed by atoms with E-state index in [-0.39, 0.29) is 6.42 Å². The number of carbonyl (C=O) groups is 1. The van der Waals surface area contributed by atoms with Crippen molar-refractivity contribution in [3.8, 4) is 0 Å². The van der Waals surface area contributed by atoms with E-state index in [2.05, 4.69) is 20.9 Å². The van der Waals surface area contributed by atoms with Crippen LogP contribution in [0.1, 0.15) is 12.0 Å². The fraction of sp³-hybridized carbons (Fsp3) is 0.250. The summed E-state index contributed by atoms with van der Waals surface area (Å²) >= 11 is 3.24. The molecule has 3 N–H and O–H groups in total. The van der Waals surface area contributed by atoms with Crippen molar-refractivity contribution in [2.45, 2.75) is 12.8 Å². The number of nitrogens with zero attached hydrogens (tertiary/aromatic N) is 1. The first-order valence-electron chi connectivity index (χ1n) is 3.71. The largest absolute Gasteiger partial charge is 0.481 e. The van der Waals surface area contributed by atoms with E-state index in [9.17, 15) is 4.79 Å². The van der Waals surface area contributed by atoms with E-state index in [1.807, 2.05) is 0 Å². The molecule has 0 unspecified atom stereocenters. The molecule has 0 amide bonds. The monoisotopic (exact) mass is 244 g/mol. The zero-order chi connectivity index (χ0) is 9.84. The Balaban J connectivity index is 2.75. The van der Waals surface area contributed by atoms with Gasteiger partial charge in [-0.15, -0.1) is 0 Å². The van der Waals surface area contributed by atoms with Crippen LogP contribution in [0.4, 0.5) is 5.82 Å². The highest BCUT2D eigenvalue weighted by Gasteiger charge is 2.04. The lowest BCUT2D eigenvalue weighted by molar-refractivity contribution is -0.136. The van der Waals surface area contributed by atoms with Gasteiger partial charge in [0.15, 0.2) is 0 Å². The van der Waals surface area contributed by atoms with Gasteiger partial charge in [0.05, 0.1) is 0 Å². The van der Waals surface area contributed by atoms with Gasteiger partial charge in [-0.05, 0) is 34.0 Å². The third-order valence-corrected chi connectivity index (χ3v) is 2.01. The van der Waals surface area contributed by atoms with Crippen LogP contribution in [-0.2, 0) is 11.2 Å². The van der Waals surface area contributed by atoms with Gasteiger partial charge >= 0.3 is 5.97 Å². The van der Waals surface area contributed by atoms with Crippen LogP contribution in [0.5, 0.6) is 0 Å². The Hall–Kier alpha value is -1.10. The Bertz CT molecular complexity index is 328. The van der Waals surface area contributed by atoms with Crippen molar-refractivity contribution < 1.29 is 9.90 Å². The number of carboxylic acids is 1. The van der Waals surface area contributed by atoms with Crippen LogP contribution in [0.25, 0.3) is 0 Å². The highest BCUT2D eigenvalue weighted by Crippen LogP contribution is 2.16. The molecule has 5 heteroatoms. The van der Waals surface area contributed by atoms with Crippen LogP contribution in [0.2, 0.25) is 0 Å². The molecular weight excluding hydrogens is 236 g/mol. The maximum atomic E-state index is 10.3. The Labute approximate surface area is 83.9 Å². The summed E-state index contributed by atoms with van der Waals surface area (Å²) in [6.07, 6.45) is 2.07. The van der Waals surface area contributed by atoms with E-state index in [1.54, 1.807) is 12.3 Å². The zero-order valence-corrected chi connectivity index (χ0v) is 8.41. The van der Waals surface area contributed by atoms with E-state index in [1.165, 1.54) is 0 Å². The molecule has 4 nitrogen and oxygen atoms in total. The second-order valence-electron chi connectivity index (χ2n) is 2.59. The van der Waals surface area contributed by atoms with Crippen molar-refractivity contribution in [1.29, 1.82) is 0 Å². The summed E-state index contributed by atoms with van der Waals surface area (Å²) in [4.78, 5) is 14.2. The first-order chi connectivity index (χ1) is 6.09. The maximum absolute atomic E-state index is 10.3. The maximum Gasteiger partial charge on any atom is 0.303 e. The minimum absolute atomic E-state index is 0.0718. The number of rotatable bonds is 3. The average Bonchev–Trinajstić information content (AvgIpc) is 2.06. The second kappa shape index (κ2) is 4.23. The lowest BCUT2D eigenvalue weighted by atomic mass is 10.1. The summed E-state index contributed by atoms with van der Waals surface area (Å²) in [5.74, 6) is -0.441. The van der Waals surface area contributed by atoms with E-state index < -0.39 is 5.97 Å². The van der Waals surface area contributed by atoms with Gasteiger partial charge < -0.3 is 10.8 Å². The van der Waals surface area contributed by atoms with Crippen LogP contribution >= 0.6 is 15.9 Å².